The van der Waals surface area contributed by atoms with Crippen molar-refractivity contribution < 1.29 is 9.13 Å². The van der Waals surface area contributed by atoms with Gasteiger partial charge in [0.1, 0.15) is 6.61 Å². The van der Waals surface area contributed by atoms with Gasteiger partial charge in [-0.3, -0.25) is 4.98 Å². The van der Waals surface area contributed by atoms with Gasteiger partial charge in [0, 0.05) is 17.1 Å². The number of rotatable bonds is 3. The standard InChI is InChI=1S/C16H12FNO/c17-14-8-1-2-9-15(14)19-11-13-6-3-5-12-7-4-10-18-16(12)13/h1-10H,11H2. The van der Waals surface area contributed by atoms with E-state index in [1.165, 1.54) is 6.07 Å². The second kappa shape index (κ2) is 5.06. The fourth-order valence-electron chi connectivity index (χ4n) is 2.00. The smallest absolute Gasteiger partial charge is 0.165 e. The molecule has 0 aliphatic heterocycles. The summed E-state index contributed by atoms with van der Waals surface area (Å²) in [6, 6.07) is 16.2. The number of hydrogen-bond donors (Lipinski definition) is 0. The first-order valence-corrected chi connectivity index (χ1v) is 6.04. The molecule has 2 nitrogen and oxygen atoms in total. The number of halogens is 1. The molecule has 3 aromatic rings. The Morgan fingerprint density at radius 1 is 0.947 bits per heavy atom. The van der Waals surface area contributed by atoms with Gasteiger partial charge >= 0.3 is 0 Å². The van der Waals surface area contributed by atoms with Crippen molar-refractivity contribution in [2.45, 2.75) is 6.61 Å². The van der Waals surface area contributed by atoms with E-state index in [0.717, 1.165) is 16.5 Å². The third kappa shape index (κ3) is 2.40. The zero-order valence-electron chi connectivity index (χ0n) is 10.2. The van der Waals surface area contributed by atoms with Crippen LogP contribution in [-0.4, -0.2) is 4.98 Å². The van der Waals surface area contributed by atoms with Crippen molar-refractivity contribution in [1.82, 2.24) is 4.98 Å². The van der Waals surface area contributed by atoms with Crippen LogP contribution in [0.25, 0.3) is 10.9 Å². The average molecular weight is 253 g/mol. The van der Waals surface area contributed by atoms with Crippen LogP contribution in [0.1, 0.15) is 5.56 Å². The van der Waals surface area contributed by atoms with Crippen molar-refractivity contribution in [3.63, 3.8) is 0 Å². The van der Waals surface area contributed by atoms with Crippen LogP contribution < -0.4 is 4.74 Å². The van der Waals surface area contributed by atoms with Crippen molar-refractivity contribution >= 4 is 10.9 Å². The summed E-state index contributed by atoms with van der Waals surface area (Å²) in [5, 5.41) is 1.05. The third-order valence-corrected chi connectivity index (χ3v) is 2.94. The lowest BCUT2D eigenvalue weighted by Crippen LogP contribution is -1.98. The number of ether oxygens (including phenoxy) is 1. The van der Waals surface area contributed by atoms with Crippen molar-refractivity contribution in [1.29, 1.82) is 0 Å². The van der Waals surface area contributed by atoms with Gasteiger partial charge in [0.25, 0.3) is 0 Å². The molecule has 3 heteroatoms. The maximum Gasteiger partial charge on any atom is 0.165 e. The first kappa shape index (κ1) is 11.7. The summed E-state index contributed by atoms with van der Waals surface area (Å²) >= 11 is 0. The van der Waals surface area contributed by atoms with Crippen LogP contribution in [0.2, 0.25) is 0 Å². The minimum absolute atomic E-state index is 0.260. The number of para-hydroxylation sites is 2. The molecule has 0 saturated heterocycles. The Balaban J connectivity index is 1.88. The first-order chi connectivity index (χ1) is 9.34. The summed E-state index contributed by atoms with van der Waals surface area (Å²) in [5.74, 6) is -0.0915. The predicted octanol–water partition coefficient (Wildman–Crippen LogP) is 3.95. The van der Waals surface area contributed by atoms with Crippen LogP contribution in [0.3, 0.4) is 0 Å². The van der Waals surface area contributed by atoms with Crippen molar-refractivity contribution in [2.24, 2.45) is 0 Å². The number of fused-ring (bicyclic) bond motifs is 1. The van der Waals surface area contributed by atoms with Crippen LogP contribution in [0.5, 0.6) is 5.75 Å². The van der Waals surface area contributed by atoms with Gasteiger partial charge in [-0.25, -0.2) is 4.39 Å². The highest BCUT2D eigenvalue weighted by Gasteiger charge is 2.05. The van der Waals surface area contributed by atoms with Crippen LogP contribution in [0, 0.1) is 5.82 Å². The Morgan fingerprint density at radius 2 is 1.79 bits per heavy atom. The molecule has 19 heavy (non-hydrogen) atoms. The molecule has 0 atom stereocenters. The number of benzene rings is 2. The van der Waals surface area contributed by atoms with E-state index < -0.39 is 0 Å². The molecule has 1 aromatic heterocycles. The van der Waals surface area contributed by atoms with Gasteiger partial charge in [-0.05, 0) is 18.2 Å². The number of pyridine rings is 1. The van der Waals surface area contributed by atoms with E-state index in [1.54, 1.807) is 24.4 Å². The molecular weight excluding hydrogens is 241 g/mol. The van der Waals surface area contributed by atoms with Gasteiger partial charge < -0.3 is 4.74 Å². The summed E-state index contributed by atoms with van der Waals surface area (Å²) < 4.78 is 19.0. The highest BCUT2D eigenvalue weighted by molar-refractivity contribution is 5.81. The Morgan fingerprint density at radius 3 is 2.68 bits per heavy atom. The number of nitrogens with zero attached hydrogens (tertiary/aromatic N) is 1. The first-order valence-electron chi connectivity index (χ1n) is 6.04. The van der Waals surface area contributed by atoms with Gasteiger partial charge in [-0.2, -0.15) is 0 Å². The molecule has 1 heterocycles. The minimum atomic E-state index is -0.351. The van der Waals surface area contributed by atoms with Gasteiger partial charge in [0.2, 0.25) is 0 Å². The summed E-state index contributed by atoms with van der Waals surface area (Å²) in [5.41, 5.74) is 1.84. The van der Waals surface area contributed by atoms with Crippen molar-refractivity contribution in [2.75, 3.05) is 0 Å². The molecule has 0 radical (unpaired) electrons. The molecular formula is C16H12FNO. The Labute approximate surface area is 110 Å². The third-order valence-electron chi connectivity index (χ3n) is 2.94. The molecule has 0 N–H and O–H groups in total. The summed E-state index contributed by atoms with van der Waals surface area (Å²) in [4.78, 5) is 4.34. The topological polar surface area (TPSA) is 22.1 Å². The molecule has 0 aliphatic carbocycles. The number of aromatic nitrogens is 1. The van der Waals surface area contributed by atoms with Crippen molar-refractivity contribution in [3.8, 4) is 5.75 Å². The summed E-state index contributed by atoms with van der Waals surface area (Å²) in [6.07, 6.45) is 1.74. The molecule has 94 valence electrons. The molecule has 0 saturated carbocycles. The molecule has 0 fully saturated rings. The van der Waals surface area contributed by atoms with E-state index >= 15 is 0 Å². The Hall–Kier alpha value is -2.42. The summed E-state index contributed by atoms with van der Waals surface area (Å²) in [6.45, 7) is 0.301. The van der Waals surface area contributed by atoms with E-state index in [2.05, 4.69) is 4.98 Å². The molecule has 0 spiro atoms. The van der Waals surface area contributed by atoms with Gasteiger partial charge in [-0.1, -0.05) is 36.4 Å². The maximum atomic E-state index is 13.5. The van der Waals surface area contributed by atoms with E-state index in [9.17, 15) is 4.39 Å². The SMILES string of the molecule is Fc1ccccc1OCc1cccc2cccnc12. The molecule has 2 aromatic carbocycles. The van der Waals surface area contributed by atoms with Crippen LogP contribution in [-0.2, 0) is 6.61 Å². The molecule has 3 rings (SSSR count). The lowest BCUT2D eigenvalue weighted by Gasteiger charge is -2.08. The second-order valence-corrected chi connectivity index (χ2v) is 4.21. The zero-order valence-corrected chi connectivity index (χ0v) is 10.2. The largest absolute Gasteiger partial charge is 0.486 e. The Kier molecular flexibility index (Phi) is 3.11. The van der Waals surface area contributed by atoms with Gasteiger partial charge in [0.05, 0.1) is 5.52 Å². The van der Waals surface area contributed by atoms with E-state index in [4.69, 9.17) is 4.74 Å². The second-order valence-electron chi connectivity index (χ2n) is 4.21. The zero-order chi connectivity index (χ0) is 13.1. The van der Waals surface area contributed by atoms with E-state index in [1.807, 2.05) is 30.3 Å². The van der Waals surface area contributed by atoms with Crippen LogP contribution in [0.15, 0.2) is 60.8 Å². The predicted molar refractivity (Wildman–Crippen MR) is 72.5 cm³/mol. The molecule has 0 bridgehead atoms. The normalized spacial score (nSPS) is 10.6. The maximum absolute atomic E-state index is 13.5. The summed E-state index contributed by atoms with van der Waals surface area (Å²) in [7, 11) is 0. The number of hydrogen-bond acceptors (Lipinski definition) is 2. The lowest BCUT2D eigenvalue weighted by molar-refractivity contribution is 0.291. The highest BCUT2D eigenvalue weighted by atomic mass is 19.1. The fourth-order valence-corrected chi connectivity index (χ4v) is 2.00. The van der Waals surface area contributed by atoms with Gasteiger partial charge in [-0.15, -0.1) is 0 Å². The Bertz CT molecular complexity index is 706. The van der Waals surface area contributed by atoms with Crippen LogP contribution >= 0.6 is 0 Å². The van der Waals surface area contributed by atoms with E-state index in [-0.39, 0.29) is 11.6 Å². The monoisotopic (exact) mass is 253 g/mol. The average Bonchev–Trinajstić information content (AvgIpc) is 2.46. The quantitative estimate of drug-likeness (QED) is 0.705. The van der Waals surface area contributed by atoms with Crippen molar-refractivity contribution in [3.05, 3.63) is 72.2 Å². The lowest BCUT2D eigenvalue weighted by atomic mass is 10.1. The molecule has 0 unspecified atom stereocenters. The van der Waals surface area contributed by atoms with E-state index in [0.29, 0.717) is 6.61 Å². The highest BCUT2D eigenvalue weighted by Crippen LogP contribution is 2.20. The van der Waals surface area contributed by atoms with Gasteiger partial charge in [0.15, 0.2) is 11.6 Å². The fraction of sp³-hybridized carbons (Fsp3) is 0.0625. The van der Waals surface area contributed by atoms with Crippen LogP contribution in [0.4, 0.5) is 4.39 Å². The minimum Gasteiger partial charge on any atom is -0.486 e. The molecule has 0 amide bonds. The molecule has 0 aliphatic rings.